The first-order valence-corrected chi connectivity index (χ1v) is 12.1. The van der Waals surface area contributed by atoms with Gasteiger partial charge in [0.1, 0.15) is 5.75 Å². The van der Waals surface area contributed by atoms with Crippen molar-refractivity contribution in [3.8, 4) is 17.0 Å². The summed E-state index contributed by atoms with van der Waals surface area (Å²) in [5.74, 6) is 1.54. The maximum absolute atomic E-state index is 12.9. The fraction of sp³-hybridized carbons (Fsp3) is 0.240. The monoisotopic (exact) mass is 523 g/mol. The fourth-order valence-corrected chi connectivity index (χ4v) is 4.66. The molecule has 4 aromatic rings. The molecule has 1 aliphatic heterocycles. The van der Waals surface area contributed by atoms with Crippen LogP contribution in [0, 0.1) is 0 Å². The van der Waals surface area contributed by atoms with Crippen molar-refractivity contribution < 1.29 is 9.53 Å². The second-order valence-corrected chi connectivity index (χ2v) is 9.19. The first-order valence-electron chi connectivity index (χ1n) is 11.3. The molecule has 2 aromatic heterocycles. The third kappa shape index (κ3) is 4.98. The Bertz CT molecular complexity index is 1420. The molecule has 0 spiro atoms. The van der Waals surface area contributed by atoms with Gasteiger partial charge in [0, 0.05) is 36.8 Å². The molecule has 9 nitrogen and oxygen atoms in total. The Morgan fingerprint density at radius 3 is 2.47 bits per heavy atom. The number of nitrogens with zero attached hydrogens (tertiary/aromatic N) is 6. The smallest absolute Gasteiger partial charge is 0.227 e. The van der Waals surface area contributed by atoms with Crippen LogP contribution in [0.5, 0.6) is 5.75 Å². The highest BCUT2D eigenvalue weighted by molar-refractivity contribution is 6.36. The number of rotatable bonds is 5. The van der Waals surface area contributed by atoms with E-state index in [9.17, 15) is 4.79 Å². The van der Waals surface area contributed by atoms with Crippen LogP contribution in [0.4, 0.5) is 11.8 Å². The van der Waals surface area contributed by atoms with Gasteiger partial charge in [0.25, 0.3) is 0 Å². The van der Waals surface area contributed by atoms with Crippen molar-refractivity contribution in [2.45, 2.75) is 6.42 Å². The number of nitrogens with two attached hydrogens (primary N) is 1. The number of carbonyl (C=O) groups is 1. The zero-order chi connectivity index (χ0) is 25.2. The van der Waals surface area contributed by atoms with Gasteiger partial charge in [-0.25, -0.2) is 9.97 Å². The second kappa shape index (κ2) is 10.1. The molecule has 1 aliphatic rings. The number of halogens is 2. The molecule has 1 fully saturated rings. The summed E-state index contributed by atoms with van der Waals surface area (Å²) in [7, 11) is 1.62. The molecule has 0 unspecified atom stereocenters. The first-order chi connectivity index (χ1) is 17.4. The molecule has 184 valence electrons. The van der Waals surface area contributed by atoms with Gasteiger partial charge in [0.2, 0.25) is 11.9 Å². The molecule has 5 rings (SSSR count). The first kappa shape index (κ1) is 24.0. The fourth-order valence-electron chi connectivity index (χ4n) is 4.15. The van der Waals surface area contributed by atoms with E-state index in [0.717, 1.165) is 11.3 Å². The van der Waals surface area contributed by atoms with E-state index in [4.69, 9.17) is 38.7 Å². The Hall–Kier alpha value is -3.69. The third-order valence-corrected chi connectivity index (χ3v) is 6.61. The Morgan fingerprint density at radius 2 is 1.78 bits per heavy atom. The van der Waals surface area contributed by atoms with Crippen LogP contribution in [0.1, 0.15) is 5.56 Å². The number of benzene rings is 2. The number of ether oxygens (including phenoxy) is 1. The van der Waals surface area contributed by atoms with Crippen LogP contribution in [0.3, 0.4) is 0 Å². The van der Waals surface area contributed by atoms with Crippen LogP contribution in [-0.2, 0) is 11.2 Å². The molecule has 2 aromatic carbocycles. The lowest BCUT2D eigenvalue weighted by molar-refractivity contribution is -0.130. The van der Waals surface area contributed by atoms with Gasteiger partial charge in [0.05, 0.1) is 30.4 Å². The molecule has 1 amide bonds. The van der Waals surface area contributed by atoms with Crippen LogP contribution in [0.15, 0.2) is 48.7 Å². The molecule has 1 saturated heterocycles. The predicted octanol–water partition coefficient (Wildman–Crippen LogP) is 3.88. The maximum Gasteiger partial charge on any atom is 0.227 e. The van der Waals surface area contributed by atoms with Gasteiger partial charge in [-0.2, -0.15) is 9.97 Å². The number of carbonyl (C=O) groups excluding carboxylic acids is 1. The zero-order valence-corrected chi connectivity index (χ0v) is 21.0. The minimum Gasteiger partial charge on any atom is -0.497 e. The minimum atomic E-state index is 0.0753. The van der Waals surface area contributed by atoms with E-state index < -0.39 is 0 Å². The number of hydrogen-bond donors (Lipinski definition) is 1. The molecular formula is C25H23Cl2N7O2. The number of methoxy groups -OCH3 is 1. The lowest BCUT2D eigenvalue weighted by Crippen LogP contribution is -2.49. The summed E-state index contributed by atoms with van der Waals surface area (Å²) in [4.78, 5) is 34.7. The molecular weight excluding hydrogens is 501 g/mol. The molecule has 11 heteroatoms. The zero-order valence-electron chi connectivity index (χ0n) is 19.5. The summed E-state index contributed by atoms with van der Waals surface area (Å²) < 4.78 is 5.18. The average Bonchev–Trinajstić information content (AvgIpc) is 2.88. The predicted molar refractivity (Wildman–Crippen MR) is 140 cm³/mol. The minimum absolute atomic E-state index is 0.0753. The van der Waals surface area contributed by atoms with Gasteiger partial charge in [0.15, 0.2) is 17.0 Å². The standard InChI is InChI=1S/C25H23Cl2N7O2/c1-36-17-5-2-15(3-6-17)12-21(35)33-8-10-34(11-9-33)24-22-23(31-25(28)32-24)29-14-20(30-22)18-7-4-16(26)13-19(18)27/h2-7,13-14H,8-12H2,1H3,(H2,28,29,31,32). The summed E-state index contributed by atoms with van der Waals surface area (Å²) >= 11 is 12.4. The number of hydrogen-bond acceptors (Lipinski definition) is 8. The highest BCUT2D eigenvalue weighted by Crippen LogP contribution is 2.31. The largest absolute Gasteiger partial charge is 0.497 e. The molecule has 0 aliphatic carbocycles. The Labute approximate surface area is 217 Å². The van der Waals surface area contributed by atoms with E-state index in [-0.39, 0.29) is 11.9 Å². The van der Waals surface area contributed by atoms with Crippen molar-refractivity contribution in [3.63, 3.8) is 0 Å². The van der Waals surface area contributed by atoms with Crippen molar-refractivity contribution in [2.24, 2.45) is 0 Å². The second-order valence-electron chi connectivity index (χ2n) is 8.35. The summed E-state index contributed by atoms with van der Waals surface area (Å²) in [5, 5.41) is 1.01. The molecule has 0 radical (unpaired) electrons. The molecule has 2 N–H and O–H groups in total. The van der Waals surface area contributed by atoms with Gasteiger partial charge in [-0.15, -0.1) is 0 Å². The lowest BCUT2D eigenvalue weighted by Gasteiger charge is -2.35. The Morgan fingerprint density at radius 1 is 1.03 bits per heavy atom. The number of fused-ring (bicyclic) bond motifs is 1. The summed E-state index contributed by atoms with van der Waals surface area (Å²) in [5.41, 5.74) is 9.11. The van der Waals surface area contributed by atoms with Crippen LogP contribution >= 0.6 is 23.2 Å². The van der Waals surface area contributed by atoms with E-state index in [1.54, 1.807) is 31.5 Å². The number of anilines is 2. The van der Waals surface area contributed by atoms with Gasteiger partial charge in [-0.1, -0.05) is 35.3 Å². The summed E-state index contributed by atoms with van der Waals surface area (Å²) in [6.07, 6.45) is 1.94. The molecule has 3 heterocycles. The lowest BCUT2D eigenvalue weighted by atomic mass is 10.1. The average molecular weight is 524 g/mol. The van der Waals surface area contributed by atoms with E-state index >= 15 is 0 Å². The molecule has 0 atom stereocenters. The van der Waals surface area contributed by atoms with Crippen molar-refractivity contribution >= 4 is 52.0 Å². The van der Waals surface area contributed by atoms with Gasteiger partial charge >= 0.3 is 0 Å². The summed E-state index contributed by atoms with van der Waals surface area (Å²) in [6.45, 7) is 2.26. The van der Waals surface area contributed by atoms with Crippen LogP contribution in [0.25, 0.3) is 22.4 Å². The molecule has 0 bridgehead atoms. The third-order valence-electron chi connectivity index (χ3n) is 6.06. The van der Waals surface area contributed by atoms with E-state index in [1.807, 2.05) is 29.2 Å². The van der Waals surface area contributed by atoms with Crippen molar-refractivity contribution in [1.29, 1.82) is 0 Å². The van der Waals surface area contributed by atoms with Crippen LogP contribution in [-0.4, -0.2) is 64.0 Å². The van der Waals surface area contributed by atoms with Crippen molar-refractivity contribution in [1.82, 2.24) is 24.8 Å². The Balaban J connectivity index is 1.35. The quantitative estimate of drug-likeness (QED) is 0.419. The SMILES string of the molecule is COc1ccc(CC(=O)N2CCN(c3nc(N)nc4ncc(-c5ccc(Cl)cc5Cl)nc34)CC2)cc1. The topological polar surface area (TPSA) is 110 Å². The number of nitrogen functional groups attached to an aromatic ring is 1. The van der Waals surface area contributed by atoms with Crippen LogP contribution < -0.4 is 15.4 Å². The summed E-state index contributed by atoms with van der Waals surface area (Å²) in [6, 6.07) is 12.7. The highest BCUT2D eigenvalue weighted by atomic mass is 35.5. The van der Waals surface area contributed by atoms with E-state index in [0.29, 0.717) is 70.9 Å². The van der Waals surface area contributed by atoms with Crippen LogP contribution in [0.2, 0.25) is 10.0 Å². The van der Waals surface area contributed by atoms with Gasteiger partial charge in [-0.3, -0.25) is 4.79 Å². The van der Waals surface area contributed by atoms with E-state index in [2.05, 4.69) is 19.9 Å². The van der Waals surface area contributed by atoms with E-state index in [1.165, 1.54) is 0 Å². The van der Waals surface area contributed by atoms with Gasteiger partial charge in [-0.05, 0) is 35.9 Å². The number of amides is 1. The maximum atomic E-state index is 12.9. The highest BCUT2D eigenvalue weighted by Gasteiger charge is 2.25. The van der Waals surface area contributed by atoms with Gasteiger partial charge < -0.3 is 20.3 Å². The van der Waals surface area contributed by atoms with Crippen molar-refractivity contribution in [3.05, 3.63) is 64.3 Å². The van der Waals surface area contributed by atoms with Crippen molar-refractivity contribution in [2.75, 3.05) is 43.9 Å². The normalized spacial score (nSPS) is 13.8. The molecule has 36 heavy (non-hydrogen) atoms. The molecule has 0 saturated carbocycles. The Kier molecular flexibility index (Phi) is 6.75. The number of piperazine rings is 1. The number of aromatic nitrogens is 4.